The molecule has 0 fully saturated rings. The van der Waals surface area contributed by atoms with E-state index in [0.29, 0.717) is 11.4 Å². The maximum absolute atomic E-state index is 12.5. The zero-order valence-corrected chi connectivity index (χ0v) is 16.2. The first-order chi connectivity index (χ1) is 12.5. The number of aromatic amines is 1. The number of aromatic nitrogens is 3. The Morgan fingerprint density at radius 2 is 1.96 bits per heavy atom. The van der Waals surface area contributed by atoms with Gasteiger partial charge < -0.3 is 10.2 Å². The average molecular weight is 384 g/mol. The van der Waals surface area contributed by atoms with Crippen molar-refractivity contribution in [2.45, 2.75) is 6.92 Å². The molecule has 4 rings (SSSR count). The highest BCUT2D eigenvalue weighted by Gasteiger charge is 2.16. The number of thiazole rings is 1. The molecule has 8 heteroatoms. The molecule has 0 bridgehead atoms. The van der Waals surface area contributed by atoms with Crippen LogP contribution in [0.1, 0.15) is 15.2 Å². The van der Waals surface area contributed by atoms with Crippen molar-refractivity contribution >= 4 is 50.3 Å². The van der Waals surface area contributed by atoms with E-state index >= 15 is 0 Å². The first-order valence-corrected chi connectivity index (χ1v) is 9.64. The van der Waals surface area contributed by atoms with E-state index in [-0.39, 0.29) is 5.91 Å². The van der Waals surface area contributed by atoms with Gasteiger partial charge in [0.2, 0.25) is 0 Å². The molecular formula is C18H17N5OS2. The summed E-state index contributed by atoms with van der Waals surface area (Å²) in [6.07, 6.45) is 1.87. The summed E-state index contributed by atoms with van der Waals surface area (Å²) in [4.78, 5) is 21.2. The number of nitrogens with one attached hydrogen (secondary N) is 2. The highest BCUT2D eigenvalue weighted by atomic mass is 32.1. The van der Waals surface area contributed by atoms with E-state index in [4.69, 9.17) is 0 Å². The van der Waals surface area contributed by atoms with Gasteiger partial charge in [-0.25, -0.2) is 4.98 Å². The van der Waals surface area contributed by atoms with Crippen molar-refractivity contribution < 1.29 is 4.79 Å². The van der Waals surface area contributed by atoms with Crippen molar-refractivity contribution in [3.63, 3.8) is 0 Å². The highest BCUT2D eigenvalue weighted by molar-refractivity contribution is 7.26. The van der Waals surface area contributed by atoms with Gasteiger partial charge in [-0.05, 0) is 37.3 Å². The van der Waals surface area contributed by atoms with Crippen molar-refractivity contribution in [3.05, 3.63) is 47.0 Å². The normalized spacial score (nSPS) is 11.0. The van der Waals surface area contributed by atoms with Crippen LogP contribution in [-0.4, -0.2) is 35.2 Å². The molecule has 2 N–H and O–H groups in total. The zero-order valence-electron chi connectivity index (χ0n) is 14.5. The van der Waals surface area contributed by atoms with E-state index < -0.39 is 0 Å². The van der Waals surface area contributed by atoms with Gasteiger partial charge in [-0.3, -0.25) is 9.89 Å². The summed E-state index contributed by atoms with van der Waals surface area (Å²) in [7, 11) is 3.93. The zero-order chi connectivity index (χ0) is 18.3. The van der Waals surface area contributed by atoms with E-state index in [2.05, 4.69) is 20.5 Å². The van der Waals surface area contributed by atoms with Gasteiger partial charge in [-0.1, -0.05) is 0 Å². The molecule has 3 heterocycles. The van der Waals surface area contributed by atoms with Gasteiger partial charge in [0.1, 0.15) is 5.01 Å². The highest BCUT2D eigenvalue weighted by Crippen LogP contribution is 2.37. The van der Waals surface area contributed by atoms with Crippen molar-refractivity contribution in [1.29, 1.82) is 0 Å². The molecule has 132 valence electrons. The molecule has 6 nitrogen and oxygen atoms in total. The molecule has 1 amide bonds. The summed E-state index contributed by atoms with van der Waals surface area (Å²) < 4.78 is 0.922. The Morgan fingerprint density at radius 3 is 2.62 bits per heavy atom. The van der Waals surface area contributed by atoms with E-state index in [1.165, 1.54) is 4.88 Å². The number of carbonyl (C=O) groups is 1. The van der Waals surface area contributed by atoms with Crippen LogP contribution in [0.25, 0.3) is 20.1 Å². The first kappa shape index (κ1) is 16.7. The fourth-order valence-electron chi connectivity index (χ4n) is 2.57. The number of aryl methyl sites for hydroxylation is 1. The summed E-state index contributed by atoms with van der Waals surface area (Å²) in [5.41, 5.74) is 2.54. The molecule has 3 aromatic heterocycles. The average Bonchev–Trinajstić information content (AvgIpc) is 3.32. The Labute approximate surface area is 158 Å². The second-order valence-electron chi connectivity index (χ2n) is 6.10. The third kappa shape index (κ3) is 3.09. The summed E-state index contributed by atoms with van der Waals surface area (Å²) in [6, 6.07) is 9.48. The Balaban J connectivity index is 1.58. The maximum Gasteiger partial charge on any atom is 0.256 e. The molecule has 26 heavy (non-hydrogen) atoms. The Kier molecular flexibility index (Phi) is 4.21. The fourth-order valence-corrected chi connectivity index (χ4v) is 4.44. The standard InChI is InChI=1S/C18H17N5OS2/c1-10-9-19-18(25-10)14-8-13-15(26-14)16(22-21-13)20-17(24)11-4-6-12(7-5-11)23(2)3/h4-9H,1-3H3,(H2,20,21,22,24). The van der Waals surface area contributed by atoms with Crippen LogP contribution < -0.4 is 10.2 Å². The predicted molar refractivity (Wildman–Crippen MR) is 109 cm³/mol. The minimum atomic E-state index is -0.177. The lowest BCUT2D eigenvalue weighted by Crippen LogP contribution is -2.13. The van der Waals surface area contributed by atoms with E-state index in [1.54, 1.807) is 22.7 Å². The maximum atomic E-state index is 12.5. The fraction of sp³-hybridized carbons (Fsp3) is 0.167. The van der Waals surface area contributed by atoms with E-state index in [0.717, 1.165) is 25.8 Å². The lowest BCUT2D eigenvalue weighted by molar-refractivity contribution is 0.102. The molecule has 0 aliphatic rings. The molecule has 0 spiro atoms. The first-order valence-electron chi connectivity index (χ1n) is 8.01. The van der Waals surface area contributed by atoms with Crippen molar-refractivity contribution in [2.24, 2.45) is 0 Å². The number of rotatable bonds is 4. The molecular weight excluding hydrogens is 366 g/mol. The molecule has 1 aromatic carbocycles. The van der Waals surface area contributed by atoms with Crippen molar-refractivity contribution in [1.82, 2.24) is 15.2 Å². The Morgan fingerprint density at radius 1 is 1.19 bits per heavy atom. The van der Waals surface area contributed by atoms with Crippen LogP contribution in [0.2, 0.25) is 0 Å². The van der Waals surface area contributed by atoms with E-state index in [1.807, 2.05) is 62.4 Å². The van der Waals surface area contributed by atoms with Gasteiger partial charge in [0.05, 0.1) is 15.1 Å². The number of carbonyl (C=O) groups excluding carboxylic acids is 1. The monoisotopic (exact) mass is 383 g/mol. The van der Waals surface area contributed by atoms with Crippen LogP contribution in [0.15, 0.2) is 36.5 Å². The SMILES string of the molecule is Cc1cnc(-c2cc3[nH]nc(NC(=O)c4ccc(N(C)C)cc4)c3s2)s1. The van der Waals surface area contributed by atoms with Crippen molar-refractivity contribution in [3.8, 4) is 9.88 Å². The number of hydrogen-bond donors (Lipinski definition) is 2. The molecule has 0 unspecified atom stereocenters. The van der Waals surface area contributed by atoms with Gasteiger partial charge in [-0.15, -0.1) is 22.7 Å². The lowest BCUT2D eigenvalue weighted by atomic mass is 10.2. The molecule has 4 aromatic rings. The Bertz CT molecular complexity index is 1070. The number of fused-ring (bicyclic) bond motifs is 1. The summed E-state index contributed by atoms with van der Waals surface area (Å²) in [6.45, 7) is 2.04. The largest absolute Gasteiger partial charge is 0.378 e. The molecule has 0 radical (unpaired) electrons. The molecule has 0 saturated carbocycles. The molecule has 0 aliphatic carbocycles. The Hall–Kier alpha value is -2.71. The quantitative estimate of drug-likeness (QED) is 0.549. The third-order valence-corrected chi connectivity index (χ3v) is 6.17. The molecule has 0 atom stereocenters. The van der Waals surface area contributed by atoms with Crippen LogP contribution in [0.5, 0.6) is 0 Å². The van der Waals surface area contributed by atoms with Gasteiger partial charge in [-0.2, -0.15) is 5.10 Å². The molecule has 0 aliphatic heterocycles. The van der Waals surface area contributed by atoms with Gasteiger partial charge >= 0.3 is 0 Å². The number of anilines is 2. The van der Waals surface area contributed by atoms with Gasteiger partial charge in [0.15, 0.2) is 5.82 Å². The summed E-state index contributed by atoms with van der Waals surface area (Å²) >= 11 is 3.23. The van der Waals surface area contributed by atoms with Crippen molar-refractivity contribution in [2.75, 3.05) is 24.3 Å². The summed E-state index contributed by atoms with van der Waals surface area (Å²) in [5, 5.41) is 11.1. The number of H-pyrrole nitrogens is 1. The van der Waals surface area contributed by atoms with Crippen LogP contribution in [0.4, 0.5) is 11.5 Å². The number of amides is 1. The predicted octanol–water partition coefficient (Wildman–Crippen LogP) is 4.37. The van der Waals surface area contributed by atoms with Crippen LogP contribution in [0, 0.1) is 6.92 Å². The number of nitrogens with zero attached hydrogens (tertiary/aromatic N) is 3. The lowest BCUT2D eigenvalue weighted by Gasteiger charge is -2.12. The second-order valence-corrected chi connectivity index (χ2v) is 8.38. The van der Waals surface area contributed by atoms with E-state index in [9.17, 15) is 4.79 Å². The topological polar surface area (TPSA) is 73.9 Å². The number of thiophene rings is 1. The minimum absolute atomic E-state index is 0.177. The number of hydrogen-bond acceptors (Lipinski definition) is 6. The smallest absolute Gasteiger partial charge is 0.256 e. The second kappa shape index (κ2) is 6.54. The van der Waals surface area contributed by atoms with Gasteiger partial charge in [0.25, 0.3) is 5.91 Å². The summed E-state index contributed by atoms with van der Waals surface area (Å²) in [5.74, 6) is 0.370. The van der Waals surface area contributed by atoms with Crippen LogP contribution in [0.3, 0.4) is 0 Å². The van der Waals surface area contributed by atoms with Gasteiger partial charge in [0, 0.05) is 36.4 Å². The third-order valence-electron chi connectivity index (χ3n) is 3.95. The van der Waals surface area contributed by atoms with Crippen LogP contribution in [-0.2, 0) is 0 Å². The molecule has 0 saturated heterocycles. The number of benzene rings is 1. The van der Waals surface area contributed by atoms with Crippen LogP contribution >= 0.6 is 22.7 Å². The minimum Gasteiger partial charge on any atom is -0.378 e.